The average molecular weight is 453 g/mol. The molecule has 0 saturated heterocycles. The van der Waals surface area contributed by atoms with E-state index in [0.717, 1.165) is 24.5 Å². The molecule has 2 aromatic carbocycles. The fourth-order valence-electron chi connectivity index (χ4n) is 4.27. The Labute approximate surface area is 199 Å². The first-order valence-corrected chi connectivity index (χ1v) is 12.9. The van der Waals surface area contributed by atoms with Crippen LogP contribution < -0.4 is 14.2 Å². The number of benzene rings is 2. The Bertz CT molecular complexity index is 791. The largest absolute Gasteiger partial charge is 0.494 e. The van der Waals surface area contributed by atoms with Crippen LogP contribution in [0.5, 0.6) is 17.2 Å². The molecule has 0 unspecified atom stereocenters. The van der Waals surface area contributed by atoms with Gasteiger partial charge in [0.05, 0.1) is 18.8 Å². The van der Waals surface area contributed by atoms with Gasteiger partial charge < -0.3 is 14.2 Å². The molecule has 180 valence electrons. The van der Waals surface area contributed by atoms with Crippen molar-refractivity contribution >= 4 is 5.97 Å². The topological polar surface area (TPSA) is 44.8 Å². The number of carbonyl (C=O) groups is 1. The van der Waals surface area contributed by atoms with Gasteiger partial charge in [0.2, 0.25) is 0 Å². The van der Waals surface area contributed by atoms with Crippen LogP contribution in [0, 0.1) is 5.92 Å². The first kappa shape index (κ1) is 25.1. The number of hydrogen-bond acceptors (Lipinski definition) is 4. The molecule has 2 aromatic rings. The van der Waals surface area contributed by atoms with Gasteiger partial charge in [0, 0.05) is 0 Å². The van der Waals surface area contributed by atoms with Crippen LogP contribution in [-0.2, 0) is 0 Å². The van der Waals surface area contributed by atoms with Crippen LogP contribution in [0.3, 0.4) is 0 Å². The van der Waals surface area contributed by atoms with E-state index in [2.05, 4.69) is 6.92 Å². The second kappa shape index (κ2) is 14.6. The molecule has 0 radical (unpaired) electrons. The molecular formula is C29H40O4. The predicted molar refractivity (Wildman–Crippen MR) is 133 cm³/mol. The van der Waals surface area contributed by atoms with Crippen molar-refractivity contribution in [2.24, 2.45) is 5.92 Å². The van der Waals surface area contributed by atoms with Crippen molar-refractivity contribution in [1.82, 2.24) is 0 Å². The number of carbonyl (C=O) groups excluding carboxylic acids is 1. The van der Waals surface area contributed by atoms with E-state index in [4.69, 9.17) is 14.2 Å². The highest BCUT2D eigenvalue weighted by atomic mass is 16.5. The lowest BCUT2D eigenvalue weighted by Crippen LogP contribution is -2.15. The number of esters is 1. The normalized spacial score (nSPS) is 14.1. The van der Waals surface area contributed by atoms with Crippen LogP contribution in [-0.4, -0.2) is 19.2 Å². The van der Waals surface area contributed by atoms with Crippen molar-refractivity contribution < 1.29 is 19.0 Å². The van der Waals surface area contributed by atoms with E-state index < -0.39 is 0 Å². The van der Waals surface area contributed by atoms with Gasteiger partial charge >= 0.3 is 5.97 Å². The van der Waals surface area contributed by atoms with Gasteiger partial charge in [0.1, 0.15) is 17.2 Å². The highest BCUT2D eigenvalue weighted by molar-refractivity contribution is 5.91. The summed E-state index contributed by atoms with van der Waals surface area (Å²) in [5.74, 6) is 2.42. The van der Waals surface area contributed by atoms with Gasteiger partial charge in [0.15, 0.2) is 0 Å². The molecule has 1 fully saturated rings. The summed E-state index contributed by atoms with van der Waals surface area (Å²) in [5, 5.41) is 0. The summed E-state index contributed by atoms with van der Waals surface area (Å²) in [5.41, 5.74) is 0.510. The van der Waals surface area contributed by atoms with Gasteiger partial charge in [-0.1, -0.05) is 64.7 Å². The average Bonchev–Trinajstić information content (AvgIpc) is 2.86. The van der Waals surface area contributed by atoms with E-state index in [0.29, 0.717) is 23.8 Å². The molecule has 3 rings (SSSR count). The highest BCUT2D eigenvalue weighted by Gasteiger charge is 2.14. The third-order valence-electron chi connectivity index (χ3n) is 6.35. The fourth-order valence-corrected chi connectivity index (χ4v) is 4.27. The number of ether oxygens (including phenoxy) is 3. The third kappa shape index (κ3) is 9.49. The minimum Gasteiger partial charge on any atom is -0.494 e. The Morgan fingerprint density at radius 1 is 0.727 bits per heavy atom. The summed E-state index contributed by atoms with van der Waals surface area (Å²) in [7, 11) is 0. The molecule has 4 heteroatoms. The smallest absolute Gasteiger partial charge is 0.343 e. The van der Waals surface area contributed by atoms with E-state index in [1.807, 2.05) is 24.3 Å². The molecule has 0 N–H and O–H groups in total. The van der Waals surface area contributed by atoms with Crippen LogP contribution in [0.1, 0.15) is 94.3 Å². The first-order chi connectivity index (χ1) is 16.2. The van der Waals surface area contributed by atoms with Crippen LogP contribution in [0.4, 0.5) is 0 Å². The van der Waals surface area contributed by atoms with E-state index in [9.17, 15) is 4.79 Å². The highest BCUT2D eigenvalue weighted by Crippen LogP contribution is 2.25. The van der Waals surface area contributed by atoms with Gasteiger partial charge in [-0.05, 0) is 73.7 Å². The number of unbranched alkanes of at least 4 members (excludes halogenated alkanes) is 6. The van der Waals surface area contributed by atoms with Crippen molar-refractivity contribution in [3.05, 3.63) is 54.1 Å². The van der Waals surface area contributed by atoms with E-state index in [1.165, 1.54) is 70.6 Å². The molecule has 0 amide bonds. The molecule has 0 heterocycles. The molecule has 0 spiro atoms. The number of rotatable bonds is 14. The lowest BCUT2D eigenvalue weighted by molar-refractivity contribution is 0.0734. The maximum atomic E-state index is 12.5. The molecule has 0 bridgehead atoms. The van der Waals surface area contributed by atoms with E-state index in [-0.39, 0.29) is 5.97 Å². The van der Waals surface area contributed by atoms with Crippen molar-refractivity contribution in [3.8, 4) is 17.2 Å². The SMILES string of the molecule is CCCCCCCCCOc1ccc(C(=O)Oc2ccc(OCC3CCCCC3)cc2)cc1. The van der Waals surface area contributed by atoms with Gasteiger partial charge in [-0.2, -0.15) is 0 Å². The Hall–Kier alpha value is -2.49. The molecular weight excluding hydrogens is 412 g/mol. The lowest BCUT2D eigenvalue weighted by Gasteiger charge is -2.21. The van der Waals surface area contributed by atoms with Crippen molar-refractivity contribution in [1.29, 1.82) is 0 Å². The standard InChI is InChI=1S/C29H40O4/c1-2-3-4-5-6-7-11-22-31-26-16-14-25(15-17-26)29(30)33-28-20-18-27(19-21-28)32-23-24-12-9-8-10-13-24/h14-21,24H,2-13,22-23H2,1H3. The van der Waals surface area contributed by atoms with Gasteiger partial charge in [-0.15, -0.1) is 0 Å². The van der Waals surface area contributed by atoms with Gasteiger partial charge in [-0.3, -0.25) is 0 Å². The monoisotopic (exact) mass is 452 g/mol. The molecule has 0 aromatic heterocycles. The first-order valence-electron chi connectivity index (χ1n) is 12.9. The second-order valence-electron chi connectivity index (χ2n) is 9.17. The Kier molecular flexibility index (Phi) is 11.1. The van der Waals surface area contributed by atoms with Crippen LogP contribution in [0.15, 0.2) is 48.5 Å². The zero-order chi connectivity index (χ0) is 23.1. The summed E-state index contributed by atoms with van der Waals surface area (Å²) in [4.78, 5) is 12.5. The fraction of sp³-hybridized carbons (Fsp3) is 0.552. The summed E-state index contributed by atoms with van der Waals surface area (Å²) in [6.45, 7) is 3.73. The minimum atomic E-state index is -0.371. The molecule has 4 nitrogen and oxygen atoms in total. The molecule has 33 heavy (non-hydrogen) atoms. The third-order valence-corrected chi connectivity index (χ3v) is 6.35. The Morgan fingerprint density at radius 2 is 1.30 bits per heavy atom. The molecule has 0 aliphatic heterocycles. The molecule has 1 aliphatic carbocycles. The Balaban J connectivity index is 1.34. The summed E-state index contributed by atoms with van der Waals surface area (Å²) in [6, 6.07) is 14.5. The quantitative estimate of drug-likeness (QED) is 0.165. The van der Waals surface area contributed by atoms with Crippen LogP contribution in [0.25, 0.3) is 0 Å². The molecule has 1 saturated carbocycles. The van der Waals surface area contributed by atoms with Crippen LogP contribution >= 0.6 is 0 Å². The molecule has 1 aliphatic rings. The summed E-state index contributed by atoms with van der Waals surface area (Å²) >= 11 is 0. The van der Waals surface area contributed by atoms with E-state index >= 15 is 0 Å². The summed E-state index contributed by atoms with van der Waals surface area (Å²) < 4.78 is 17.2. The summed E-state index contributed by atoms with van der Waals surface area (Å²) in [6.07, 6.45) is 15.3. The Morgan fingerprint density at radius 3 is 2.00 bits per heavy atom. The number of hydrogen-bond donors (Lipinski definition) is 0. The predicted octanol–water partition coefficient (Wildman–Crippen LogP) is 7.99. The lowest BCUT2D eigenvalue weighted by atomic mass is 9.90. The van der Waals surface area contributed by atoms with Crippen LogP contribution in [0.2, 0.25) is 0 Å². The van der Waals surface area contributed by atoms with Gasteiger partial charge in [0.25, 0.3) is 0 Å². The minimum absolute atomic E-state index is 0.371. The maximum Gasteiger partial charge on any atom is 0.343 e. The second-order valence-corrected chi connectivity index (χ2v) is 9.17. The van der Waals surface area contributed by atoms with Crippen molar-refractivity contribution in [3.63, 3.8) is 0 Å². The molecule has 0 atom stereocenters. The zero-order valence-corrected chi connectivity index (χ0v) is 20.2. The van der Waals surface area contributed by atoms with Gasteiger partial charge in [-0.25, -0.2) is 4.79 Å². The van der Waals surface area contributed by atoms with Crippen molar-refractivity contribution in [2.75, 3.05) is 13.2 Å². The van der Waals surface area contributed by atoms with E-state index in [1.54, 1.807) is 24.3 Å². The van der Waals surface area contributed by atoms with Crippen molar-refractivity contribution in [2.45, 2.75) is 84.0 Å². The zero-order valence-electron chi connectivity index (χ0n) is 20.2. The maximum absolute atomic E-state index is 12.5.